The number of nitrogens with one attached hydrogen (secondary N) is 1. The zero-order valence-corrected chi connectivity index (χ0v) is 9.59. The van der Waals surface area contributed by atoms with E-state index in [2.05, 4.69) is 23.2 Å². The number of hydrazine groups is 2. The highest BCUT2D eigenvalue weighted by molar-refractivity contribution is 7.84. The molecule has 0 fully saturated rings. The highest BCUT2D eigenvalue weighted by Gasteiger charge is 2.42. The lowest BCUT2D eigenvalue weighted by molar-refractivity contribution is -0.250. The summed E-state index contributed by atoms with van der Waals surface area (Å²) < 4.78 is 42.2. The van der Waals surface area contributed by atoms with Gasteiger partial charge in [0, 0.05) is 7.11 Å². The zero-order valence-electron chi connectivity index (χ0n) is 8.69. The van der Waals surface area contributed by atoms with Gasteiger partial charge in [-0.3, -0.25) is 0 Å². The fraction of sp³-hybridized carbons (Fsp3) is 0.375. The van der Waals surface area contributed by atoms with Crippen molar-refractivity contribution in [2.75, 3.05) is 13.7 Å². The molecule has 17 heavy (non-hydrogen) atoms. The van der Waals surface area contributed by atoms with Crippen LogP contribution in [0, 0.1) is 0 Å². The van der Waals surface area contributed by atoms with E-state index in [1.807, 2.05) is 0 Å². The molecular formula is C8H9F3N4OS. The minimum atomic E-state index is -4.52. The smallest absolute Gasteiger partial charge is 0.378 e. The maximum absolute atomic E-state index is 12.4. The number of hydrogen-bond acceptors (Lipinski definition) is 6. The first-order chi connectivity index (χ1) is 7.91. The van der Waals surface area contributed by atoms with Crippen molar-refractivity contribution in [3.63, 3.8) is 0 Å². The van der Waals surface area contributed by atoms with Gasteiger partial charge >= 0.3 is 6.30 Å². The second-order valence-corrected chi connectivity index (χ2v) is 3.76. The van der Waals surface area contributed by atoms with E-state index < -0.39 is 6.30 Å². The summed E-state index contributed by atoms with van der Waals surface area (Å²) in [6, 6.07) is 0. The van der Waals surface area contributed by atoms with Gasteiger partial charge in [-0.15, -0.1) is 31.3 Å². The molecule has 2 aliphatic heterocycles. The molecule has 0 aromatic rings. The van der Waals surface area contributed by atoms with Crippen LogP contribution in [-0.2, 0) is 4.74 Å². The van der Waals surface area contributed by atoms with Gasteiger partial charge in [0.05, 0.1) is 23.5 Å². The maximum Gasteiger partial charge on any atom is 0.500 e. The van der Waals surface area contributed by atoms with Crippen molar-refractivity contribution >= 4 is 18.3 Å². The molecule has 0 aromatic carbocycles. The predicted molar refractivity (Wildman–Crippen MR) is 57.3 cm³/mol. The van der Waals surface area contributed by atoms with Crippen LogP contribution in [0.15, 0.2) is 28.1 Å². The Morgan fingerprint density at radius 2 is 2.24 bits per heavy atom. The zero-order chi connectivity index (χ0) is 12.6. The number of fused-ring (bicyclic) bond motifs is 1. The van der Waals surface area contributed by atoms with Gasteiger partial charge in [0.25, 0.3) is 0 Å². The van der Waals surface area contributed by atoms with Gasteiger partial charge in [-0.2, -0.15) is 0 Å². The molecule has 2 rings (SSSR count). The Morgan fingerprint density at radius 3 is 2.82 bits per heavy atom. The Hall–Kier alpha value is -1.19. The van der Waals surface area contributed by atoms with E-state index in [9.17, 15) is 13.2 Å². The fourth-order valence-corrected chi connectivity index (χ4v) is 1.65. The Labute approximate surface area is 101 Å². The molecule has 9 heteroatoms. The molecule has 5 nitrogen and oxygen atoms in total. The number of thiol groups is 1. The number of methoxy groups -OCH3 is 1. The van der Waals surface area contributed by atoms with Crippen LogP contribution in [0.4, 0.5) is 13.2 Å². The van der Waals surface area contributed by atoms with Crippen molar-refractivity contribution < 1.29 is 17.9 Å². The van der Waals surface area contributed by atoms with Crippen LogP contribution in [-0.4, -0.2) is 35.7 Å². The van der Waals surface area contributed by atoms with Gasteiger partial charge in [-0.1, -0.05) is 0 Å². The number of nitrogens with zero attached hydrogens (tertiary/aromatic N) is 3. The van der Waals surface area contributed by atoms with Crippen LogP contribution in [0.25, 0.3) is 0 Å². The molecule has 0 radical (unpaired) electrons. The van der Waals surface area contributed by atoms with Crippen LogP contribution in [0.5, 0.6) is 0 Å². The summed E-state index contributed by atoms with van der Waals surface area (Å²) in [5, 5.41) is 1.44. The van der Waals surface area contributed by atoms with Crippen molar-refractivity contribution in [3.05, 3.63) is 23.1 Å². The van der Waals surface area contributed by atoms with Crippen LogP contribution >= 0.6 is 12.6 Å². The van der Waals surface area contributed by atoms with Gasteiger partial charge in [0.1, 0.15) is 0 Å². The number of aliphatic imine (C=N–C) groups is 1. The molecule has 2 aliphatic rings. The molecule has 94 valence electrons. The number of rotatable bonds is 2. The highest BCUT2D eigenvalue weighted by atomic mass is 32.1. The van der Waals surface area contributed by atoms with Crippen molar-refractivity contribution in [1.29, 1.82) is 0 Å². The number of hydrogen-bond donors (Lipinski definition) is 2. The van der Waals surface area contributed by atoms with E-state index in [1.54, 1.807) is 0 Å². The van der Waals surface area contributed by atoms with Gasteiger partial charge in [-0.25, -0.2) is 15.0 Å². The lowest BCUT2D eigenvalue weighted by Gasteiger charge is -2.26. The molecule has 0 unspecified atom stereocenters. The molecule has 1 N–H and O–H groups in total. The van der Waals surface area contributed by atoms with Gasteiger partial charge in [-0.05, 0) is 6.08 Å². The van der Waals surface area contributed by atoms with E-state index in [0.717, 1.165) is 11.2 Å². The van der Waals surface area contributed by atoms with Crippen molar-refractivity contribution in [2.45, 2.75) is 6.30 Å². The molecule has 0 aromatic heterocycles. The SMILES string of the molecule is COCC1=NC2=CN(C(F)(F)F)NN2C(S)=C1. The largest absolute Gasteiger partial charge is 0.500 e. The summed E-state index contributed by atoms with van der Waals surface area (Å²) in [5.74, 6) is 0.113. The minimum Gasteiger partial charge on any atom is -0.378 e. The van der Waals surface area contributed by atoms with Gasteiger partial charge < -0.3 is 4.74 Å². The highest BCUT2D eigenvalue weighted by Crippen LogP contribution is 2.30. The maximum atomic E-state index is 12.4. The standard InChI is InChI=1S/C8H9F3N4OS/c1-16-4-5-2-7(17)15-6(12-5)3-14(13-15)8(9,10)11/h2-3,13,17H,4H2,1H3. The third-order valence-electron chi connectivity index (χ3n) is 2.03. The molecular weight excluding hydrogens is 257 g/mol. The van der Waals surface area contributed by atoms with E-state index in [4.69, 9.17) is 4.74 Å². The molecule has 2 heterocycles. The molecule has 0 aliphatic carbocycles. The molecule has 0 bridgehead atoms. The Kier molecular flexibility index (Phi) is 3.06. The number of alkyl halides is 3. The average Bonchev–Trinajstić information content (AvgIpc) is 2.61. The van der Waals surface area contributed by atoms with Crippen molar-refractivity contribution in [3.8, 4) is 0 Å². The topological polar surface area (TPSA) is 40.1 Å². The first-order valence-corrected chi connectivity index (χ1v) is 4.98. The van der Waals surface area contributed by atoms with Gasteiger partial charge in [0.15, 0.2) is 5.82 Å². The summed E-state index contributed by atoms with van der Waals surface area (Å²) in [4.78, 5) is 4.00. The fourth-order valence-electron chi connectivity index (χ4n) is 1.35. The Balaban J connectivity index is 2.25. The lowest BCUT2D eigenvalue weighted by atomic mass is 10.3. The molecule has 0 spiro atoms. The molecule has 0 amide bonds. The lowest BCUT2D eigenvalue weighted by Crippen LogP contribution is -2.46. The van der Waals surface area contributed by atoms with Crippen LogP contribution < -0.4 is 5.53 Å². The average molecular weight is 266 g/mol. The van der Waals surface area contributed by atoms with Gasteiger partial charge in [0.2, 0.25) is 0 Å². The van der Waals surface area contributed by atoms with E-state index >= 15 is 0 Å². The second-order valence-electron chi connectivity index (χ2n) is 3.30. The first kappa shape index (κ1) is 12.3. The second kappa shape index (κ2) is 4.24. The Bertz CT molecular complexity index is 417. The predicted octanol–water partition coefficient (Wildman–Crippen LogP) is 1.21. The third kappa shape index (κ3) is 2.40. The minimum absolute atomic E-state index is 0.00559. The molecule has 0 saturated heterocycles. The summed E-state index contributed by atoms with van der Waals surface area (Å²) in [6.07, 6.45) is -2.15. The van der Waals surface area contributed by atoms with Crippen molar-refractivity contribution in [1.82, 2.24) is 15.6 Å². The first-order valence-electron chi connectivity index (χ1n) is 4.53. The Morgan fingerprint density at radius 1 is 1.53 bits per heavy atom. The summed E-state index contributed by atoms with van der Waals surface area (Å²) in [6.45, 7) is 0.210. The van der Waals surface area contributed by atoms with Crippen LogP contribution in [0.1, 0.15) is 0 Å². The summed E-state index contributed by atoms with van der Waals surface area (Å²) in [7, 11) is 1.48. The number of halogens is 3. The quantitative estimate of drug-likeness (QED) is 0.582. The number of ether oxygens (including phenoxy) is 1. The van der Waals surface area contributed by atoms with Crippen LogP contribution in [0.2, 0.25) is 0 Å². The van der Waals surface area contributed by atoms with E-state index in [1.165, 1.54) is 13.2 Å². The third-order valence-corrected chi connectivity index (χ3v) is 2.36. The molecule has 0 saturated carbocycles. The van der Waals surface area contributed by atoms with E-state index in [0.29, 0.717) is 10.7 Å². The van der Waals surface area contributed by atoms with Crippen LogP contribution in [0.3, 0.4) is 0 Å². The van der Waals surface area contributed by atoms with Crippen molar-refractivity contribution in [2.24, 2.45) is 4.99 Å². The van der Waals surface area contributed by atoms with E-state index in [-0.39, 0.29) is 17.4 Å². The summed E-state index contributed by atoms with van der Waals surface area (Å²) in [5.41, 5.74) is 2.61. The summed E-state index contributed by atoms with van der Waals surface area (Å²) >= 11 is 4.08. The normalized spacial score (nSPS) is 19.9. The monoisotopic (exact) mass is 266 g/mol. The molecule has 0 atom stereocenters.